The predicted molar refractivity (Wildman–Crippen MR) is 118 cm³/mol. The van der Waals surface area contributed by atoms with E-state index in [9.17, 15) is 0 Å². The molecule has 4 aromatic rings. The smallest absolute Gasteiger partial charge is 0.237 e. The molecule has 0 aliphatic heterocycles. The van der Waals surface area contributed by atoms with Gasteiger partial charge in [0, 0.05) is 36.8 Å². The van der Waals surface area contributed by atoms with Crippen molar-refractivity contribution in [3.05, 3.63) is 70.8 Å². The van der Waals surface area contributed by atoms with Gasteiger partial charge >= 0.3 is 0 Å². The molecule has 30 heavy (non-hydrogen) atoms. The monoisotopic (exact) mass is 441 g/mol. The first kappa shape index (κ1) is 20.2. The molecule has 2 heterocycles. The summed E-state index contributed by atoms with van der Waals surface area (Å²) in [4.78, 5) is 6.45. The lowest BCUT2D eigenvalue weighted by Crippen LogP contribution is -2.12. The summed E-state index contributed by atoms with van der Waals surface area (Å²) in [7, 11) is 3.97. The molecule has 0 radical (unpaired) electrons. The van der Waals surface area contributed by atoms with E-state index in [2.05, 4.69) is 20.3 Å². The second-order valence-corrected chi connectivity index (χ2v) is 8.20. The van der Waals surface area contributed by atoms with E-state index in [-0.39, 0.29) is 0 Å². The summed E-state index contributed by atoms with van der Waals surface area (Å²) in [5.74, 6) is 8.35. The van der Waals surface area contributed by atoms with Gasteiger partial charge in [0.25, 0.3) is 0 Å². The van der Waals surface area contributed by atoms with E-state index in [1.54, 1.807) is 0 Å². The molecule has 0 saturated carbocycles. The highest BCUT2D eigenvalue weighted by Crippen LogP contribution is 2.26. The number of benzene rings is 2. The molecule has 4 rings (SSSR count). The number of rotatable bonds is 7. The minimum absolute atomic E-state index is 0.440. The third kappa shape index (κ3) is 4.58. The SMILES string of the molecule is CN(C)c1cccc(-c2nnc(SCc3nc(Cc4cccc(Cl)c4)no3)n2N)c1. The third-order valence-corrected chi connectivity index (χ3v) is 5.53. The fourth-order valence-corrected chi connectivity index (χ4v) is 3.78. The molecule has 0 fully saturated rings. The fraction of sp³-hybridized carbons (Fsp3) is 0.200. The maximum Gasteiger partial charge on any atom is 0.237 e. The summed E-state index contributed by atoms with van der Waals surface area (Å²) in [6.45, 7) is 0. The highest BCUT2D eigenvalue weighted by molar-refractivity contribution is 7.98. The van der Waals surface area contributed by atoms with E-state index < -0.39 is 0 Å². The zero-order valence-corrected chi connectivity index (χ0v) is 18.1. The first-order chi connectivity index (χ1) is 14.5. The maximum atomic E-state index is 6.23. The Morgan fingerprint density at radius 3 is 2.77 bits per heavy atom. The van der Waals surface area contributed by atoms with Crippen LogP contribution in [0.5, 0.6) is 0 Å². The van der Waals surface area contributed by atoms with Crippen LogP contribution >= 0.6 is 23.4 Å². The lowest BCUT2D eigenvalue weighted by Gasteiger charge is -2.13. The third-order valence-electron chi connectivity index (χ3n) is 4.37. The topological polar surface area (TPSA) is 98.9 Å². The van der Waals surface area contributed by atoms with Gasteiger partial charge in [0.1, 0.15) is 0 Å². The predicted octanol–water partition coefficient (Wildman–Crippen LogP) is 3.64. The van der Waals surface area contributed by atoms with Crippen molar-refractivity contribution in [2.45, 2.75) is 17.3 Å². The molecule has 8 nitrogen and oxygen atoms in total. The average molecular weight is 442 g/mol. The second-order valence-electron chi connectivity index (χ2n) is 6.82. The number of nitrogen functional groups attached to an aromatic ring is 1. The molecule has 0 saturated heterocycles. The number of nitrogens with zero attached hydrogens (tertiary/aromatic N) is 6. The van der Waals surface area contributed by atoms with Gasteiger partial charge in [-0.05, 0) is 29.8 Å². The van der Waals surface area contributed by atoms with Crippen LogP contribution in [0, 0.1) is 0 Å². The van der Waals surface area contributed by atoms with Crippen molar-refractivity contribution in [2.24, 2.45) is 0 Å². The molecule has 154 valence electrons. The van der Waals surface area contributed by atoms with Crippen LogP contribution in [0.1, 0.15) is 17.3 Å². The molecule has 0 aliphatic rings. The molecular formula is C20H20ClN7OS. The van der Waals surface area contributed by atoms with E-state index >= 15 is 0 Å². The lowest BCUT2D eigenvalue weighted by atomic mass is 10.1. The van der Waals surface area contributed by atoms with Crippen LogP contribution in [-0.2, 0) is 12.2 Å². The van der Waals surface area contributed by atoms with E-state index in [4.69, 9.17) is 22.0 Å². The van der Waals surface area contributed by atoms with Gasteiger partial charge in [0.05, 0.1) is 5.75 Å². The molecule has 0 spiro atoms. The van der Waals surface area contributed by atoms with Crippen LogP contribution in [-0.4, -0.2) is 39.1 Å². The summed E-state index contributed by atoms with van der Waals surface area (Å²) in [5.41, 5.74) is 2.97. The Kier molecular flexibility index (Phi) is 5.91. The molecule has 0 aliphatic carbocycles. The highest BCUT2D eigenvalue weighted by atomic mass is 35.5. The van der Waals surface area contributed by atoms with Crippen molar-refractivity contribution in [2.75, 3.05) is 24.8 Å². The van der Waals surface area contributed by atoms with Gasteiger partial charge in [-0.25, -0.2) is 4.68 Å². The minimum atomic E-state index is 0.440. The van der Waals surface area contributed by atoms with E-state index in [0.29, 0.717) is 39.9 Å². The standard InChI is InChI=1S/C20H20ClN7OS/c1-27(2)16-8-4-6-14(11-16)19-24-25-20(28(19)22)30-12-18-23-17(26-29-18)10-13-5-3-7-15(21)9-13/h3-9,11H,10,12,22H2,1-2H3. The van der Waals surface area contributed by atoms with Crippen LogP contribution in [0.3, 0.4) is 0 Å². The van der Waals surface area contributed by atoms with Crippen LogP contribution in [0.15, 0.2) is 58.2 Å². The Morgan fingerprint density at radius 1 is 1.13 bits per heavy atom. The van der Waals surface area contributed by atoms with E-state index in [0.717, 1.165) is 16.8 Å². The number of hydrogen-bond donors (Lipinski definition) is 1. The quantitative estimate of drug-likeness (QED) is 0.342. The fourth-order valence-electron chi connectivity index (χ4n) is 2.87. The largest absolute Gasteiger partial charge is 0.378 e. The molecular weight excluding hydrogens is 422 g/mol. The minimum Gasteiger partial charge on any atom is -0.378 e. The second kappa shape index (κ2) is 8.76. The Labute approximate surface area is 183 Å². The van der Waals surface area contributed by atoms with Crippen LogP contribution in [0.4, 0.5) is 5.69 Å². The maximum absolute atomic E-state index is 6.23. The van der Waals surface area contributed by atoms with Crippen molar-refractivity contribution < 1.29 is 4.52 Å². The summed E-state index contributed by atoms with van der Waals surface area (Å²) in [6.07, 6.45) is 0.550. The van der Waals surface area contributed by atoms with E-state index in [1.165, 1.54) is 16.4 Å². The zero-order valence-electron chi connectivity index (χ0n) is 16.5. The van der Waals surface area contributed by atoms with Crippen LogP contribution in [0.2, 0.25) is 5.02 Å². The van der Waals surface area contributed by atoms with Crippen LogP contribution < -0.4 is 10.7 Å². The zero-order chi connectivity index (χ0) is 21.1. The van der Waals surface area contributed by atoms with Gasteiger partial charge in [0.2, 0.25) is 11.0 Å². The molecule has 0 bridgehead atoms. The number of thioether (sulfide) groups is 1. The Morgan fingerprint density at radius 2 is 1.97 bits per heavy atom. The number of anilines is 1. The summed E-state index contributed by atoms with van der Waals surface area (Å²) in [5, 5.41) is 13.7. The first-order valence-electron chi connectivity index (χ1n) is 9.16. The van der Waals surface area contributed by atoms with Gasteiger partial charge < -0.3 is 15.3 Å². The van der Waals surface area contributed by atoms with Gasteiger partial charge in [0.15, 0.2) is 11.6 Å². The molecule has 0 atom stereocenters. The molecule has 0 unspecified atom stereocenters. The summed E-state index contributed by atoms with van der Waals surface area (Å²) >= 11 is 7.41. The Balaban J connectivity index is 1.43. The van der Waals surface area contributed by atoms with Crippen molar-refractivity contribution in [3.63, 3.8) is 0 Å². The van der Waals surface area contributed by atoms with Crippen molar-refractivity contribution in [3.8, 4) is 11.4 Å². The molecule has 10 heteroatoms. The van der Waals surface area contributed by atoms with Gasteiger partial charge in [-0.3, -0.25) is 0 Å². The lowest BCUT2D eigenvalue weighted by molar-refractivity contribution is 0.385. The van der Waals surface area contributed by atoms with Crippen LogP contribution in [0.25, 0.3) is 11.4 Å². The Bertz CT molecular complexity index is 1160. The van der Waals surface area contributed by atoms with Crippen molar-refractivity contribution in [1.29, 1.82) is 0 Å². The normalized spacial score (nSPS) is 11.0. The highest BCUT2D eigenvalue weighted by Gasteiger charge is 2.15. The van der Waals surface area contributed by atoms with Gasteiger partial charge in [-0.15, -0.1) is 10.2 Å². The van der Waals surface area contributed by atoms with Crippen molar-refractivity contribution >= 4 is 29.1 Å². The number of halogens is 1. The van der Waals surface area contributed by atoms with E-state index in [1.807, 2.05) is 67.5 Å². The average Bonchev–Trinajstić information content (AvgIpc) is 3.32. The van der Waals surface area contributed by atoms with Crippen molar-refractivity contribution in [1.82, 2.24) is 25.0 Å². The number of aromatic nitrogens is 5. The number of hydrogen-bond acceptors (Lipinski definition) is 8. The molecule has 0 amide bonds. The molecule has 2 aromatic heterocycles. The van der Waals surface area contributed by atoms with Gasteiger partial charge in [-0.2, -0.15) is 4.98 Å². The molecule has 2 N–H and O–H groups in total. The first-order valence-corrected chi connectivity index (χ1v) is 10.5. The number of nitrogens with two attached hydrogens (primary N) is 1. The van der Waals surface area contributed by atoms with Gasteiger partial charge in [-0.1, -0.05) is 52.8 Å². The molecule has 2 aromatic carbocycles. The summed E-state index contributed by atoms with van der Waals surface area (Å²) in [6, 6.07) is 15.5. The summed E-state index contributed by atoms with van der Waals surface area (Å²) < 4.78 is 6.82. The Hall–Kier alpha value is -3.04.